The van der Waals surface area contributed by atoms with Gasteiger partial charge in [0.25, 0.3) is 6.43 Å². The molecule has 0 unspecified atom stereocenters. The molecular weight excluding hydrogens is 184 g/mol. The van der Waals surface area contributed by atoms with E-state index < -0.39 is 6.43 Å². The summed E-state index contributed by atoms with van der Waals surface area (Å²) in [7, 11) is 0. The zero-order valence-corrected chi connectivity index (χ0v) is 9.51. The lowest BCUT2D eigenvalue weighted by molar-refractivity contribution is 0.146. The molecule has 0 aromatic carbocycles. The first-order chi connectivity index (χ1) is 6.70. The summed E-state index contributed by atoms with van der Waals surface area (Å²) in [6.45, 7) is 9.76. The lowest BCUT2D eigenvalue weighted by atomic mass is 10.2. The van der Waals surface area contributed by atoms with E-state index in [1.165, 1.54) is 12.3 Å². The molecule has 0 aliphatic heterocycles. The smallest absolute Gasteiger partial charge is 0.255 e. The van der Waals surface area contributed by atoms with Crippen molar-refractivity contribution in [3.8, 4) is 0 Å². The minimum Gasteiger partial charge on any atom is -0.255 e. The van der Waals surface area contributed by atoms with Gasteiger partial charge in [-0.1, -0.05) is 27.7 Å². The molecule has 0 N–H and O–H groups in total. The summed E-state index contributed by atoms with van der Waals surface area (Å²) < 4.78 is 23.8. The fraction of sp³-hybridized carbons (Fsp3) is 0.545. The average Bonchev–Trinajstić information content (AvgIpc) is 2.24. The molecule has 14 heavy (non-hydrogen) atoms. The molecule has 0 radical (unpaired) electrons. The first kappa shape index (κ1) is 15.5. The van der Waals surface area contributed by atoms with Gasteiger partial charge in [0.05, 0.1) is 0 Å². The van der Waals surface area contributed by atoms with Crippen LogP contribution in [-0.2, 0) is 0 Å². The van der Waals surface area contributed by atoms with Gasteiger partial charge in [0, 0.05) is 6.20 Å². The molecule has 1 nitrogen and oxygen atoms in total. The summed E-state index contributed by atoms with van der Waals surface area (Å²) in [4.78, 5) is 3.49. The van der Waals surface area contributed by atoms with Crippen molar-refractivity contribution >= 4 is 0 Å². The zero-order valence-electron chi connectivity index (χ0n) is 9.51. The van der Waals surface area contributed by atoms with E-state index in [-0.39, 0.29) is 5.69 Å². The molecule has 0 fully saturated rings. The van der Waals surface area contributed by atoms with Gasteiger partial charge >= 0.3 is 0 Å². The third-order valence-corrected chi connectivity index (χ3v) is 1.16. The molecule has 0 amide bonds. The summed E-state index contributed by atoms with van der Waals surface area (Å²) >= 11 is 0. The molecule has 0 aliphatic carbocycles. The van der Waals surface area contributed by atoms with Crippen LogP contribution < -0.4 is 0 Å². The van der Waals surface area contributed by atoms with Crippen molar-refractivity contribution in [2.45, 2.75) is 41.0 Å². The number of nitrogens with zero attached hydrogens (tertiary/aromatic N) is 1. The number of aryl methyl sites for hydroxylation is 1. The predicted octanol–water partition coefficient (Wildman–Crippen LogP) is 4.38. The lowest BCUT2D eigenvalue weighted by Crippen LogP contribution is -1.88. The highest BCUT2D eigenvalue weighted by Crippen LogP contribution is 2.15. The Balaban J connectivity index is 0. The van der Waals surface area contributed by atoms with E-state index in [9.17, 15) is 8.78 Å². The van der Waals surface area contributed by atoms with E-state index in [2.05, 4.69) is 4.98 Å². The van der Waals surface area contributed by atoms with Crippen LogP contribution in [0, 0.1) is 6.92 Å². The highest BCUT2D eigenvalue weighted by Gasteiger charge is 2.06. The third kappa shape index (κ3) is 6.52. The van der Waals surface area contributed by atoms with Gasteiger partial charge in [-0.25, -0.2) is 8.78 Å². The number of pyridine rings is 1. The van der Waals surface area contributed by atoms with Gasteiger partial charge < -0.3 is 0 Å². The van der Waals surface area contributed by atoms with E-state index in [1.807, 2.05) is 27.7 Å². The molecule has 0 atom stereocenters. The number of alkyl halides is 2. The fourth-order valence-electron chi connectivity index (χ4n) is 0.679. The van der Waals surface area contributed by atoms with Crippen molar-refractivity contribution in [1.82, 2.24) is 4.98 Å². The van der Waals surface area contributed by atoms with Crippen LogP contribution in [0.4, 0.5) is 8.78 Å². The molecule has 1 heterocycles. The second-order valence-electron chi connectivity index (χ2n) is 2.06. The number of halogens is 2. The van der Waals surface area contributed by atoms with Crippen LogP contribution in [0.2, 0.25) is 0 Å². The second-order valence-corrected chi connectivity index (χ2v) is 2.06. The maximum Gasteiger partial charge on any atom is 0.280 e. The first-order valence-electron chi connectivity index (χ1n) is 4.91. The van der Waals surface area contributed by atoms with Crippen LogP contribution in [0.3, 0.4) is 0 Å². The molecule has 1 aromatic rings. The Kier molecular flexibility index (Phi) is 11.2. The molecule has 0 bridgehead atoms. The standard InChI is InChI=1S/C7H7F2N.2C2H6/c1-5-2-3-10-6(4-5)7(8)9;2*1-2/h2-4,7H,1H3;2*1-2H3. The first-order valence-corrected chi connectivity index (χ1v) is 4.91. The minimum atomic E-state index is -2.46. The van der Waals surface area contributed by atoms with Gasteiger partial charge in [-0.15, -0.1) is 0 Å². The van der Waals surface area contributed by atoms with Crippen LogP contribution in [0.5, 0.6) is 0 Å². The quantitative estimate of drug-likeness (QED) is 0.660. The SMILES string of the molecule is CC.CC.Cc1ccnc(C(F)F)c1. The topological polar surface area (TPSA) is 12.9 Å². The molecule has 0 spiro atoms. The van der Waals surface area contributed by atoms with E-state index in [1.54, 1.807) is 13.0 Å². The Morgan fingerprint density at radius 1 is 1.14 bits per heavy atom. The van der Waals surface area contributed by atoms with Gasteiger partial charge in [-0.2, -0.15) is 0 Å². The Morgan fingerprint density at radius 3 is 1.93 bits per heavy atom. The minimum absolute atomic E-state index is 0.153. The van der Waals surface area contributed by atoms with Crippen molar-refractivity contribution in [2.75, 3.05) is 0 Å². The molecule has 1 rings (SSSR count). The Morgan fingerprint density at radius 2 is 1.64 bits per heavy atom. The van der Waals surface area contributed by atoms with Gasteiger partial charge in [-0.05, 0) is 24.6 Å². The molecule has 0 aliphatic rings. The maximum absolute atomic E-state index is 11.9. The van der Waals surface area contributed by atoms with Crippen molar-refractivity contribution < 1.29 is 8.78 Å². The summed E-state index contributed by atoms with van der Waals surface area (Å²) in [6, 6.07) is 3.07. The van der Waals surface area contributed by atoms with Gasteiger partial charge in [-0.3, -0.25) is 4.98 Å². The number of hydrogen-bond acceptors (Lipinski definition) is 1. The van der Waals surface area contributed by atoms with Gasteiger partial charge in [0.15, 0.2) is 0 Å². The zero-order chi connectivity index (χ0) is 11.6. The molecule has 0 saturated carbocycles. The average molecular weight is 203 g/mol. The van der Waals surface area contributed by atoms with E-state index in [0.717, 1.165) is 5.56 Å². The summed E-state index contributed by atoms with van der Waals surface area (Å²) in [5, 5.41) is 0. The van der Waals surface area contributed by atoms with E-state index in [0.29, 0.717) is 0 Å². The highest BCUT2D eigenvalue weighted by molar-refractivity contribution is 5.14. The maximum atomic E-state index is 11.9. The number of hydrogen-bond donors (Lipinski definition) is 0. The normalized spacial score (nSPS) is 8.29. The van der Waals surface area contributed by atoms with E-state index >= 15 is 0 Å². The summed E-state index contributed by atoms with van der Waals surface area (Å²) in [5.41, 5.74) is 0.658. The predicted molar refractivity (Wildman–Crippen MR) is 56.6 cm³/mol. The second kappa shape index (κ2) is 10.1. The Hall–Kier alpha value is -0.990. The summed E-state index contributed by atoms with van der Waals surface area (Å²) in [5.74, 6) is 0. The Bertz CT molecular complexity index is 224. The third-order valence-electron chi connectivity index (χ3n) is 1.16. The van der Waals surface area contributed by atoms with Crippen LogP contribution in [-0.4, -0.2) is 4.98 Å². The van der Waals surface area contributed by atoms with Crippen molar-refractivity contribution in [2.24, 2.45) is 0 Å². The highest BCUT2D eigenvalue weighted by atomic mass is 19.3. The summed E-state index contributed by atoms with van der Waals surface area (Å²) in [6.07, 6.45) is -1.07. The molecule has 1 aromatic heterocycles. The molecule has 3 heteroatoms. The van der Waals surface area contributed by atoms with Crippen LogP contribution >= 0.6 is 0 Å². The van der Waals surface area contributed by atoms with Crippen molar-refractivity contribution in [1.29, 1.82) is 0 Å². The molecule has 82 valence electrons. The van der Waals surface area contributed by atoms with Crippen LogP contribution in [0.15, 0.2) is 18.3 Å². The van der Waals surface area contributed by atoms with E-state index in [4.69, 9.17) is 0 Å². The number of aromatic nitrogens is 1. The van der Waals surface area contributed by atoms with Crippen molar-refractivity contribution in [3.63, 3.8) is 0 Å². The van der Waals surface area contributed by atoms with Crippen molar-refractivity contribution in [3.05, 3.63) is 29.6 Å². The monoisotopic (exact) mass is 203 g/mol. The lowest BCUT2D eigenvalue weighted by Gasteiger charge is -1.97. The van der Waals surface area contributed by atoms with Gasteiger partial charge in [0.1, 0.15) is 5.69 Å². The molecular formula is C11H19F2N. The van der Waals surface area contributed by atoms with Gasteiger partial charge in [0.2, 0.25) is 0 Å². The van der Waals surface area contributed by atoms with Crippen LogP contribution in [0.25, 0.3) is 0 Å². The number of rotatable bonds is 1. The Labute approximate surface area is 85.2 Å². The fourth-order valence-corrected chi connectivity index (χ4v) is 0.679. The molecule has 0 saturated heterocycles. The van der Waals surface area contributed by atoms with Crippen LogP contribution in [0.1, 0.15) is 45.4 Å². The largest absolute Gasteiger partial charge is 0.280 e.